The first-order valence-corrected chi connectivity index (χ1v) is 5.68. The van der Waals surface area contributed by atoms with E-state index in [0.717, 1.165) is 15.7 Å². The van der Waals surface area contributed by atoms with Crippen molar-refractivity contribution < 1.29 is 4.79 Å². The van der Waals surface area contributed by atoms with Crippen LogP contribution in [0.1, 0.15) is 6.42 Å². The van der Waals surface area contributed by atoms with Gasteiger partial charge < -0.3 is 5.32 Å². The number of thioether (sulfide) groups is 1. The summed E-state index contributed by atoms with van der Waals surface area (Å²) in [5.74, 6) is 0.813. The lowest BCUT2D eigenvalue weighted by Gasteiger charge is -2.02. The lowest BCUT2D eigenvalue weighted by Crippen LogP contribution is -2.17. The predicted molar refractivity (Wildman–Crippen MR) is 60.9 cm³/mol. The Morgan fingerprint density at radius 2 is 2.21 bits per heavy atom. The zero-order valence-corrected chi connectivity index (χ0v) is 9.49. The maximum absolute atomic E-state index is 10.9. The Hall–Kier alpha value is -0.670. The zero-order chi connectivity index (χ0) is 10.4. The van der Waals surface area contributed by atoms with Crippen molar-refractivity contribution in [3.05, 3.63) is 29.3 Å². The molecule has 0 spiro atoms. The largest absolute Gasteiger partial charge is 0.359 e. The van der Waals surface area contributed by atoms with Crippen LogP contribution in [-0.2, 0) is 4.79 Å². The van der Waals surface area contributed by atoms with Gasteiger partial charge in [0.2, 0.25) is 5.91 Å². The van der Waals surface area contributed by atoms with E-state index in [-0.39, 0.29) is 5.91 Å². The summed E-state index contributed by atoms with van der Waals surface area (Å²) in [5.41, 5.74) is 0. The molecule has 1 N–H and O–H groups in total. The highest BCUT2D eigenvalue weighted by atomic mass is 35.5. The standard InChI is InChI=1S/C10H12ClNOS/c1-12-10(13)6-7-14-9-5-3-2-4-8(9)11/h2-5H,6-7H2,1H3,(H,12,13). The molecule has 0 unspecified atom stereocenters. The molecule has 0 saturated carbocycles. The highest BCUT2D eigenvalue weighted by molar-refractivity contribution is 7.99. The topological polar surface area (TPSA) is 29.1 Å². The molecular formula is C10H12ClNOS. The monoisotopic (exact) mass is 229 g/mol. The van der Waals surface area contributed by atoms with Gasteiger partial charge in [-0.25, -0.2) is 0 Å². The van der Waals surface area contributed by atoms with Gasteiger partial charge in [-0.1, -0.05) is 23.7 Å². The van der Waals surface area contributed by atoms with E-state index < -0.39 is 0 Å². The lowest BCUT2D eigenvalue weighted by molar-refractivity contribution is -0.120. The van der Waals surface area contributed by atoms with Gasteiger partial charge in [-0.2, -0.15) is 0 Å². The van der Waals surface area contributed by atoms with Crippen LogP contribution in [0.5, 0.6) is 0 Å². The molecular weight excluding hydrogens is 218 g/mol. The second-order valence-corrected chi connectivity index (χ2v) is 4.25. The third kappa shape index (κ3) is 3.60. The van der Waals surface area contributed by atoms with Crippen LogP contribution in [0.2, 0.25) is 5.02 Å². The lowest BCUT2D eigenvalue weighted by atomic mass is 10.4. The second kappa shape index (κ2) is 5.94. The number of nitrogens with one attached hydrogen (secondary N) is 1. The summed E-state index contributed by atoms with van der Waals surface area (Å²) in [5, 5.41) is 3.33. The van der Waals surface area contributed by atoms with Gasteiger partial charge in [0.15, 0.2) is 0 Å². The molecule has 0 aromatic heterocycles. The smallest absolute Gasteiger partial charge is 0.220 e. The van der Waals surface area contributed by atoms with Gasteiger partial charge >= 0.3 is 0 Å². The first kappa shape index (κ1) is 11.4. The molecule has 14 heavy (non-hydrogen) atoms. The van der Waals surface area contributed by atoms with Crippen molar-refractivity contribution in [2.75, 3.05) is 12.8 Å². The quantitative estimate of drug-likeness (QED) is 0.805. The Labute approximate surface area is 93.0 Å². The summed E-state index contributed by atoms with van der Waals surface area (Å²) in [6.07, 6.45) is 0.520. The Morgan fingerprint density at radius 3 is 2.86 bits per heavy atom. The third-order valence-electron chi connectivity index (χ3n) is 1.70. The fourth-order valence-corrected chi connectivity index (χ4v) is 2.13. The minimum Gasteiger partial charge on any atom is -0.359 e. The minimum absolute atomic E-state index is 0.0598. The number of carbonyl (C=O) groups is 1. The Morgan fingerprint density at radius 1 is 1.50 bits per heavy atom. The molecule has 0 radical (unpaired) electrons. The first-order valence-electron chi connectivity index (χ1n) is 4.32. The Kier molecular flexibility index (Phi) is 4.84. The van der Waals surface area contributed by atoms with Gasteiger partial charge in [-0.15, -0.1) is 11.8 Å². The van der Waals surface area contributed by atoms with Gasteiger partial charge in [0.05, 0.1) is 5.02 Å². The van der Waals surface area contributed by atoms with E-state index in [1.807, 2.05) is 24.3 Å². The molecule has 0 saturated heterocycles. The molecule has 1 amide bonds. The summed E-state index contributed by atoms with van der Waals surface area (Å²) < 4.78 is 0. The Balaban J connectivity index is 2.39. The number of carbonyl (C=O) groups excluding carboxylic acids is 1. The molecule has 0 atom stereocenters. The van der Waals surface area contributed by atoms with Crippen molar-refractivity contribution in [3.8, 4) is 0 Å². The number of rotatable bonds is 4. The van der Waals surface area contributed by atoms with Crippen LogP contribution in [0, 0.1) is 0 Å². The molecule has 1 aromatic rings. The van der Waals surface area contributed by atoms with E-state index >= 15 is 0 Å². The van der Waals surface area contributed by atoms with E-state index in [1.165, 1.54) is 0 Å². The minimum atomic E-state index is 0.0598. The Bertz CT molecular complexity index is 317. The second-order valence-electron chi connectivity index (χ2n) is 2.70. The fourth-order valence-electron chi connectivity index (χ4n) is 0.940. The van der Waals surface area contributed by atoms with Crippen molar-refractivity contribution in [2.24, 2.45) is 0 Å². The molecule has 1 aromatic carbocycles. The number of benzene rings is 1. The maximum atomic E-state index is 10.9. The van der Waals surface area contributed by atoms with Gasteiger partial charge in [0.1, 0.15) is 0 Å². The molecule has 1 rings (SSSR count). The molecule has 0 heterocycles. The number of hydrogen-bond acceptors (Lipinski definition) is 2. The molecule has 76 valence electrons. The highest BCUT2D eigenvalue weighted by Gasteiger charge is 2.01. The van der Waals surface area contributed by atoms with Crippen molar-refractivity contribution >= 4 is 29.3 Å². The van der Waals surface area contributed by atoms with Crippen LogP contribution in [0.4, 0.5) is 0 Å². The maximum Gasteiger partial charge on any atom is 0.220 e. The SMILES string of the molecule is CNC(=O)CCSc1ccccc1Cl. The van der Waals surface area contributed by atoms with Gasteiger partial charge in [-0.05, 0) is 12.1 Å². The molecule has 0 bridgehead atoms. The first-order chi connectivity index (χ1) is 6.74. The van der Waals surface area contributed by atoms with E-state index in [2.05, 4.69) is 5.32 Å². The van der Waals surface area contributed by atoms with Crippen LogP contribution in [0.15, 0.2) is 29.2 Å². The summed E-state index contributed by atoms with van der Waals surface area (Å²) in [6.45, 7) is 0. The molecule has 0 fully saturated rings. The number of halogens is 1. The van der Waals surface area contributed by atoms with E-state index in [0.29, 0.717) is 6.42 Å². The van der Waals surface area contributed by atoms with E-state index in [4.69, 9.17) is 11.6 Å². The van der Waals surface area contributed by atoms with Gasteiger partial charge in [0.25, 0.3) is 0 Å². The summed E-state index contributed by atoms with van der Waals surface area (Å²) in [4.78, 5) is 12.0. The van der Waals surface area contributed by atoms with Crippen LogP contribution >= 0.6 is 23.4 Å². The average Bonchev–Trinajstić information content (AvgIpc) is 2.20. The third-order valence-corrected chi connectivity index (χ3v) is 3.22. The van der Waals surface area contributed by atoms with Crippen LogP contribution < -0.4 is 5.32 Å². The fraction of sp³-hybridized carbons (Fsp3) is 0.300. The van der Waals surface area contributed by atoms with Crippen molar-refractivity contribution in [1.82, 2.24) is 5.32 Å². The van der Waals surface area contributed by atoms with Crippen LogP contribution in [0.25, 0.3) is 0 Å². The normalized spacial score (nSPS) is 9.86. The summed E-state index contributed by atoms with van der Waals surface area (Å²) in [7, 11) is 1.64. The van der Waals surface area contributed by atoms with E-state index in [9.17, 15) is 4.79 Å². The van der Waals surface area contributed by atoms with E-state index in [1.54, 1.807) is 18.8 Å². The number of amides is 1. The predicted octanol–water partition coefficient (Wildman–Crippen LogP) is 2.57. The highest BCUT2D eigenvalue weighted by Crippen LogP contribution is 2.26. The molecule has 2 nitrogen and oxygen atoms in total. The molecule has 0 aliphatic rings. The van der Waals surface area contributed by atoms with Crippen LogP contribution in [-0.4, -0.2) is 18.7 Å². The van der Waals surface area contributed by atoms with Crippen LogP contribution in [0.3, 0.4) is 0 Å². The average molecular weight is 230 g/mol. The van der Waals surface area contributed by atoms with Crippen molar-refractivity contribution in [1.29, 1.82) is 0 Å². The van der Waals surface area contributed by atoms with Crippen molar-refractivity contribution in [2.45, 2.75) is 11.3 Å². The zero-order valence-electron chi connectivity index (χ0n) is 7.92. The molecule has 4 heteroatoms. The molecule has 0 aliphatic heterocycles. The number of hydrogen-bond donors (Lipinski definition) is 1. The molecule has 0 aliphatic carbocycles. The summed E-state index contributed by atoms with van der Waals surface area (Å²) >= 11 is 7.55. The van der Waals surface area contributed by atoms with Gasteiger partial charge in [0, 0.05) is 24.1 Å². The van der Waals surface area contributed by atoms with Crippen molar-refractivity contribution in [3.63, 3.8) is 0 Å². The summed E-state index contributed by atoms with van der Waals surface area (Å²) in [6, 6.07) is 7.64. The van der Waals surface area contributed by atoms with Gasteiger partial charge in [-0.3, -0.25) is 4.79 Å².